The van der Waals surface area contributed by atoms with Crippen LogP contribution in [-0.4, -0.2) is 13.7 Å². The molecule has 1 N–H and O–H groups in total. The highest BCUT2D eigenvalue weighted by Gasteiger charge is 1.92. The maximum atomic E-state index is 5.05. The van der Waals surface area contributed by atoms with Gasteiger partial charge in [-0.15, -0.1) is 0 Å². The van der Waals surface area contributed by atoms with Crippen LogP contribution in [0.2, 0.25) is 0 Å². The Morgan fingerprint density at radius 2 is 2.00 bits per heavy atom. The van der Waals surface area contributed by atoms with Gasteiger partial charge >= 0.3 is 0 Å². The Bertz CT molecular complexity index is 277. The number of hydrogen-bond acceptors (Lipinski definition) is 2. The molecule has 1 aromatic carbocycles. The van der Waals surface area contributed by atoms with Gasteiger partial charge in [-0.1, -0.05) is 12.2 Å². The van der Waals surface area contributed by atoms with Gasteiger partial charge in [0.2, 0.25) is 0 Å². The van der Waals surface area contributed by atoms with Crippen molar-refractivity contribution in [2.75, 3.05) is 19.0 Å². The van der Waals surface area contributed by atoms with Crippen LogP contribution in [0.25, 0.3) is 0 Å². The average molecular weight is 177 g/mol. The van der Waals surface area contributed by atoms with Crippen LogP contribution in [-0.2, 0) is 0 Å². The summed E-state index contributed by atoms with van der Waals surface area (Å²) < 4.78 is 5.05. The van der Waals surface area contributed by atoms with Gasteiger partial charge in [0, 0.05) is 12.2 Å². The van der Waals surface area contributed by atoms with E-state index < -0.39 is 0 Å². The number of hydrogen-bond donors (Lipinski definition) is 1. The molecule has 0 saturated heterocycles. The van der Waals surface area contributed by atoms with Gasteiger partial charge in [0.05, 0.1) is 7.11 Å². The minimum Gasteiger partial charge on any atom is -0.497 e. The number of anilines is 1. The largest absolute Gasteiger partial charge is 0.497 e. The quantitative estimate of drug-likeness (QED) is 0.714. The Balaban J connectivity index is 2.54. The van der Waals surface area contributed by atoms with Crippen molar-refractivity contribution < 1.29 is 4.74 Å². The third-order valence-electron chi connectivity index (χ3n) is 1.68. The number of rotatable bonds is 4. The Hall–Kier alpha value is -1.44. The number of benzene rings is 1. The van der Waals surface area contributed by atoms with Gasteiger partial charge in [0.1, 0.15) is 5.75 Å². The van der Waals surface area contributed by atoms with Crippen LogP contribution in [0.5, 0.6) is 5.75 Å². The molecule has 2 nitrogen and oxygen atoms in total. The molecule has 0 bridgehead atoms. The van der Waals surface area contributed by atoms with Crippen molar-refractivity contribution in [2.24, 2.45) is 0 Å². The van der Waals surface area contributed by atoms with Gasteiger partial charge in [0.15, 0.2) is 0 Å². The molecule has 0 saturated carbocycles. The first-order valence-corrected chi connectivity index (χ1v) is 4.24. The molecule has 0 aliphatic carbocycles. The highest BCUT2D eigenvalue weighted by Crippen LogP contribution is 2.14. The molecule has 70 valence electrons. The molecule has 0 radical (unpaired) electrons. The summed E-state index contributed by atoms with van der Waals surface area (Å²) in [4.78, 5) is 0. The summed E-state index contributed by atoms with van der Waals surface area (Å²) in [6.07, 6.45) is 0. The molecule has 13 heavy (non-hydrogen) atoms. The highest BCUT2D eigenvalue weighted by atomic mass is 16.5. The van der Waals surface area contributed by atoms with Gasteiger partial charge in [0.25, 0.3) is 0 Å². The SMILES string of the molecule is C=C(C)CNc1ccc(OC)cc1. The van der Waals surface area contributed by atoms with Gasteiger partial charge in [-0.25, -0.2) is 0 Å². The van der Waals surface area contributed by atoms with Crippen LogP contribution in [0.1, 0.15) is 6.92 Å². The molecule has 0 fully saturated rings. The zero-order chi connectivity index (χ0) is 9.68. The highest BCUT2D eigenvalue weighted by molar-refractivity contribution is 5.46. The summed E-state index contributed by atoms with van der Waals surface area (Å²) >= 11 is 0. The van der Waals surface area contributed by atoms with E-state index in [9.17, 15) is 0 Å². The molecule has 0 heterocycles. The van der Waals surface area contributed by atoms with E-state index in [1.54, 1.807) is 7.11 Å². The fraction of sp³-hybridized carbons (Fsp3) is 0.273. The monoisotopic (exact) mass is 177 g/mol. The van der Waals surface area contributed by atoms with Gasteiger partial charge < -0.3 is 10.1 Å². The van der Waals surface area contributed by atoms with Gasteiger partial charge in [-0.3, -0.25) is 0 Å². The zero-order valence-corrected chi connectivity index (χ0v) is 8.13. The summed E-state index contributed by atoms with van der Waals surface area (Å²) in [7, 11) is 1.66. The fourth-order valence-electron chi connectivity index (χ4n) is 0.962. The lowest BCUT2D eigenvalue weighted by atomic mass is 10.3. The van der Waals surface area contributed by atoms with Gasteiger partial charge in [-0.05, 0) is 31.2 Å². The molecule has 0 aliphatic rings. The van der Waals surface area contributed by atoms with E-state index in [0.29, 0.717) is 0 Å². The second-order valence-electron chi connectivity index (χ2n) is 3.04. The van der Waals surface area contributed by atoms with E-state index in [1.807, 2.05) is 31.2 Å². The molecular weight excluding hydrogens is 162 g/mol. The van der Waals surface area contributed by atoms with Crippen LogP contribution in [0.3, 0.4) is 0 Å². The Morgan fingerprint density at radius 1 is 1.38 bits per heavy atom. The smallest absolute Gasteiger partial charge is 0.119 e. The van der Waals surface area contributed by atoms with Gasteiger partial charge in [-0.2, -0.15) is 0 Å². The summed E-state index contributed by atoms with van der Waals surface area (Å²) in [5.41, 5.74) is 2.21. The third-order valence-corrected chi connectivity index (χ3v) is 1.68. The summed E-state index contributed by atoms with van der Waals surface area (Å²) in [5, 5.41) is 3.24. The average Bonchev–Trinajstić information content (AvgIpc) is 2.15. The Kier molecular flexibility index (Phi) is 3.38. The maximum Gasteiger partial charge on any atom is 0.119 e. The number of ether oxygens (including phenoxy) is 1. The second-order valence-corrected chi connectivity index (χ2v) is 3.04. The minimum absolute atomic E-state index is 0.812. The van der Waals surface area contributed by atoms with E-state index in [1.165, 1.54) is 0 Å². The zero-order valence-electron chi connectivity index (χ0n) is 8.13. The molecule has 0 aromatic heterocycles. The normalized spacial score (nSPS) is 9.38. The van der Waals surface area contributed by atoms with Crippen molar-refractivity contribution in [3.8, 4) is 5.75 Å². The molecule has 1 rings (SSSR count). The molecular formula is C11H15NO. The van der Waals surface area contributed by atoms with Crippen LogP contribution < -0.4 is 10.1 Å². The molecule has 1 aromatic rings. The number of methoxy groups -OCH3 is 1. The molecule has 0 spiro atoms. The number of nitrogens with one attached hydrogen (secondary N) is 1. The lowest BCUT2D eigenvalue weighted by Crippen LogP contribution is -2.01. The van der Waals surface area contributed by atoms with Crippen molar-refractivity contribution in [2.45, 2.75) is 6.92 Å². The molecule has 0 atom stereocenters. The predicted molar refractivity (Wildman–Crippen MR) is 56.3 cm³/mol. The molecule has 0 amide bonds. The van der Waals surface area contributed by atoms with E-state index in [0.717, 1.165) is 23.6 Å². The topological polar surface area (TPSA) is 21.3 Å². The van der Waals surface area contributed by atoms with E-state index in [-0.39, 0.29) is 0 Å². The van der Waals surface area contributed by atoms with Crippen LogP contribution in [0.4, 0.5) is 5.69 Å². The maximum absolute atomic E-state index is 5.05. The first kappa shape index (κ1) is 9.65. The van der Waals surface area contributed by atoms with Crippen LogP contribution in [0, 0.1) is 0 Å². The van der Waals surface area contributed by atoms with E-state index >= 15 is 0 Å². The lowest BCUT2D eigenvalue weighted by molar-refractivity contribution is 0.415. The van der Waals surface area contributed by atoms with Crippen molar-refractivity contribution in [3.05, 3.63) is 36.4 Å². The predicted octanol–water partition coefficient (Wildman–Crippen LogP) is 2.68. The van der Waals surface area contributed by atoms with E-state index in [4.69, 9.17) is 4.74 Å². The Morgan fingerprint density at radius 3 is 2.46 bits per heavy atom. The lowest BCUT2D eigenvalue weighted by Gasteiger charge is -2.06. The van der Waals surface area contributed by atoms with Crippen molar-refractivity contribution in [1.82, 2.24) is 0 Å². The second kappa shape index (κ2) is 4.55. The Labute approximate surface area is 79.2 Å². The van der Waals surface area contributed by atoms with Crippen LogP contribution >= 0.6 is 0 Å². The standard InChI is InChI=1S/C11H15NO/c1-9(2)8-12-10-4-6-11(13-3)7-5-10/h4-7,12H,1,8H2,2-3H3. The summed E-state index contributed by atoms with van der Waals surface area (Å²) in [6.45, 7) is 6.63. The third kappa shape index (κ3) is 3.20. The molecule has 2 heteroatoms. The van der Waals surface area contributed by atoms with E-state index in [2.05, 4.69) is 11.9 Å². The van der Waals surface area contributed by atoms with Crippen LogP contribution in [0.15, 0.2) is 36.4 Å². The first-order valence-electron chi connectivity index (χ1n) is 4.24. The molecule has 0 aliphatic heterocycles. The van der Waals surface area contributed by atoms with Crippen molar-refractivity contribution in [1.29, 1.82) is 0 Å². The first-order chi connectivity index (χ1) is 6.22. The summed E-state index contributed by atoms with van der Waals surface area (Å²) in [6, 6.07) is 7.84. The minimum atomic E-state index is 0.812. The van der Waals surface area contributed by atoms with Crippen molar-refractivity contribution in [3.63, 3.8) is 0 Å². The van der Waals surface area contributed by atoms with Crippen molar-refractivity contribution >= 4 is 5.69 Å². The summed E-state index contributed by atoms with van der Waals surface area (Å²) in [5.74, 6) is 0.876. The molecule has 0 unspecified atom stereocenters. The fourth-order valence-corrected chi connectivity index (χ4v) is 0.962.